The van der Waals surface area contributed by atoms with Gasteiger partial charge in [0.2, 0.25) is 0 Å². The van der Waals surface area contributed by atoms with E-state index in [4.69, 9.17) is 8.92 Å². The molecule has 0 atom stereocenters. The second kappa shape index (κ2) is 9.75. The monoisotopic (exact) mass is 473 g/mol. The molecule has 7 nitrogen and oxygen atoms in total. The van der Waals surface area contributed by atoms with Crippen molar-refractivity contribution in [2.24, 2.45) is 0 Å². The van der Waals surface area contributed by atoms with Crippen LogP contribution in [0.25, 0.3) is 10.9 Å². The first-order valence-corrected chi connectivity index (χ1v) is 13.2. The van der Waals surface area contributed by atoms with Crippen LogP contribution >= 0.6 is 0 Å². The van der Waals surface area contributed by atoms with Crippen LogP contribution in [0, 0.1) is 0 Å². The van der Waals surface area contributed by atoms with Crippen LogP contribution in [0.4, 0.5) is 0 Å². The summed E-state index contributed by atoms with van der Waals surface area (Å²) in [6, 6.07) is 15.1. The van der Waals surface area contributed by atoms with Gasteiger partial charge in [0.25, 0.3) is 0 Å². The van der Waals surface area contributed by atoms with E-state index >= 15 is 0 Å². The number of ether oxygens (including phenoxy) is 1. The van der Waals surface area contributed by atoms with Crippen LogP contribution in [0.15, 0.2) is 54.7 Å². The molecule has 2 aromatic carbocycles. The summed E-state index contributed by atoms with van der Waals surface area (Å²) in [5.74, 6) is 0.978. The molecule has 0 aliphatic heterocycles. The van der Waals surface area contributed by atoms with E-state index in [-0.39, 0.29) is 0 Å². The first-order chi connectivity index (χ1) is 15.7. The Morgan fingerprint density at radius 2 is 1.70 bits per heavy atom. The average Bonchev–Trinajstić information content (AvgIpc) is 3.16. The van der Waals surface area contributed by atoms with Gasteiger partial charge in [0.1, 0.15) is 11.5 Å². The quantitative estimate of drug-likeness (QED) is 0.360. The number of hydrogen-bond acceptors (Lipinski definition) is 6. The Morgan fingerprint density at radius 3 is 2.36 bits per heavy atom. The normalized spacial score (nSPS) is 16.2. The standard InChI is InChI=1S/C25H31NO6S/c1-33(29,30)32-22-11-12-23-20(18-22)13-17-26(23)16-5-6-19-7-9-21(10-8-19)31-25(24(27)28)14-3-2-4-15-25/h7-13,17-18,24,27-28H,2-6,14-16H2,1H3. The largest absolute Gasteiger partial charge is 0.482 e. The van der Waals surface area contributed by atoms with Crippen molar-refractivity contribution in [3.05, 3.63) is 60.3 Å². The molecule has 0 amide bonds. The van der Waals surface area contributed by atoms with Gasteiger partial charge in [-0.15, -0.1) is 0 Å². The van der Waals surface area contributed by atoms with Gasteiger partial charge in [0.05, 0.1) is 6.26 Å². The Balaban J connectivity index is 1.34. The van der Waals surface area contributed by atoms with Crippen LogP contribution in [-0.4, -0.2) is 41.3 Å². The van der Waals surface area contributed by atoms with Gasteiger partial charge in [-0.1, -0.05) is 18.6 Å². The van der Waals surface area contributed by atoms with Crippen molar-refractivity contribution < 1.29 is 27.6 Å². The third kappa shape index (κ3) is 5.88. The fourth-order valence-electron chi connectivity index (χ4n) is 4.58. The number of aryl methyl sites for hydroxylation is 2. The fourth-order valence-corrected chi connectivity index (χ4v) is 5.03. The van der Waals surface area contributed by atoms with Crippen LogP contribution < -0.4 is 8.92 Å². The zero-order chi connectivity index (χ0) is 23.5. The SMILES string of the molecule is CS(=O)(=O)Oc1ccc2c(ccn2CCCc2ccc(OC3(C(O)O)CCCCC3)cc2)c1. The van der Waals surface area contributed by atoms with Gasteiger partial charge >= 0.3 is 10.1 Å². The van der Waals surface area contributed by atoms with E-state index in [1.807, 2.05) is 42.6 Å². The Labute approximate surface area is 194 Å². The number of benzene rings is 2. The number of rotatable bonds is 9. The lowest BCUT2D eigenvalue weighted by atomic mass is 9.84. The van der Waals surface area contributed by atoms with Gasteiger partial charge in [-0.3, -0.25) is 0 Å². The highest BCUT2D eigenvalue weighted by Gasteiger charge is 2.40. The van der Waals surface area contributed by atoms with Crippen molar-refractivity contribution >= 4 is 21.0 Å². The summed E-state index contributed by atoms with van der Waals surface area (Å²) in [6.07, 6.45) is 7.66. The minimum absolute atomic E-state index is 0.314. The highest BCUT2D eigenvalue weighted by atomic mass is 32.2. The molecule has 1 aliphatic carbocycles. The predicted octanol–water partition coefficient (Wildman–Crippen LogP) is 4.00. The number of aromatic nitrogens is 1. The Kier molecular flexibility index (Phi) is 6.97. The summed E-state index contributed by atoms with van der Waals surface area (Å²) >= 11 is 0. The van der Waals surface area contributed by atoms with Crippen LogP contribution in [0.1, 0.15) is 44.1 Å². The molecule has 0 spiro atoms. The van der Waals surface area contributed by atoms with E-state index in [0.29, 0.717) is 24.3 Å². The summed E-state index contributed by atoms with van der Waals surface area (Å²) in [7, 11) is -3.54. The maximum absolute atomic E-state index is 11.3. The summed E-state index contributed by atoms with van der Waals surface area (Å²) in [5.41, 5.74) is 1.31. The van der Waals surface area contributed by atoms with Crippen molar-refractivity contribution in [2.75, 3.05) is 6.26 Å². The lowest BCUT2D eigenvalue weighted by Gasteiger charge is -2.38. The Hall–Kier alpha value is -2.55. The smallest absolute Gasteiger partial charge is 0.306 e. The lowest BCUT2D eigenvalue weighted by Crippen LogP contribution is -2.49. The molecule has 0 unspecified atom stereocenters. The van der Waals surface area contributed by atoms with E-state index in [9.17, 15) is 18.6 Å². The van der Waals surface area contributed by atoms with E-state index < -0.39 is 22.0 Å². The molecule has 178 valence electrons. The van der Waals surface area contributed by atoms with Crippen molar-refractivity contribution in [1.82, 2.24) is 4.57 Å². The molecule has 0 bridgehead atoms. The molecule has 3 aromatic rings. The van der Waals surface area contributed by atoms with Crippen molar-refractivity contribution in [3.63, 3.8) is 0 Å². The third-order valence-electron chi connectivity index (χ3n) is 6.27. The molecule has 1 fully saturated rings. The minimum atomic E-state index is -3.54. The molecule has 0 radical (unpaired) electrons. The van der Waals surface area contributed by atoms with Crippen molar-refractivity contribution in [1.29, 1.82) is 0 Å². The van der Waals surface area contributed by atoms with Crippen molar-refractivity contribution in [2.45, 2.75) is 63.4 Å². The second-order valence-corrected chi connectivity index (χ2v) is 10.4. The van der Waals surface area contributed by atoms with Gasteiger partial charge < -0.3 is 23.7 Å². The summed E-state index contributed by atoms with van der Waals surface area (Å²) < 4.78 is 35.8. The molecular formula is C25H31NO6S. The Morgan fingerprint density at radius 1 is 1.00 bits per heavy atom. The first kappa shape index (κ1) is 23.6. The molecule has 33 heavy (non-hydrogen) atoms. The van der Waals surface area contributed by atoms with Gasteiger partial charge in [-0.25, -0.2) is 0 Å². The van der Waals surface area contributed by atoms with Crippen molar-refractivity contribution in [3.8, 4) is 11.5 Å². The topological polar surface area (TPSA) is 98.0 Å². The van der Waals surface area contributed by atoms with Gasteiger partial charge in [0, 0.05) is 23.6 Å². The summed E-state index contributed by atoms with van der Waals surface area (Å²) in [5, 5.41) is 20.7. The highest BCUT2D eigenvalue weighted by Crippen LogP contribution is 2.35. The average molecular weight is 474 g/mol. The maximum Gasteiger partial charge on any atom is 0.306 e. The highest BCUT2D eigenvalue weighted by molar-refractivity contribution is 7.86. The zero-order valence-electron chi connectivity index (χ0n) is 18.8. The third-order valence-corrected chi connectivity index (χ3v) is 6.76. The number of aliphatic hydroxyl groups is 2. The Bertz CT molecular complexity index is 1180. The van der Waals surface area contributed by atoms with Gasteiger partial charge in [-0.2, -0.15) is 8.42 Å². The molecular weight excluding hydrogens is 442 g/mol. The van der Waals surface area contributed by atoms with Crippen LogP contribution in [-0.2, 0) is 23.1 Å². The second-order valence-electron chi connectivity index (χ2n) is 8.87. The predicted molar refractivity (Wildman–Crippen MR) is 127 cm³/mol. The number of aliphatic hydroxyl groups excluding tert-OH is 1. The zero-order valence-corrected chi connectivity index (χ0v) is 19.6. The molecule has 2 N–H and O–H groups in total. The molecule has 1 aromatic heterocycles. The van der Waals surface area contributed by atoms with Crippen LogP contribution in [0.3, 0.4) is 0 Å². The number of hydrogen-bond donors (Lipinski definition) is 2. The number of fused-ring (bicyclic) bond motifs is 1. The fraction of sp³-hybridized carbons (Fsp3) is 0.440. The molecule has 1 saturated carbocycles. The molecule has 8 heteroatoms. The van der Waals surface area contributed by atoms with Crippen LogP contribution in [0.2, 0.25) is 0 Å². The van der Waals surface area contributed by atoms with Crippen LogP contribution in [0.5, 0.6) is 11.5 Å². The number of nitrogens with zero attached hydrogens (tertiary/aromatic N) is 1. The molecule has 4 rings (SSSR count). The minimum Gasteiger partial charge on any atom is -0.482 e. The van der Waals surface area contributed by atoms with E-state index in [1.54, 1.807) is 12.1 Å². The van der Waals surface area contributed by atoms with Gasteiger partial charge in [-0.05, 0) is 80.5 Å². The van der Waals surface area contributed by atoms with E-state index in [1.165, 1.54) is 5.56 Å². The molecule has 1 aliphatic rings. The summed E-state index contributed by atoms with van der Waals surface area (Å²) in [4.78, 5) is 0. The first-order valence-electron chi connectivity index (χ1n) is 11.4. The van der Waals surface area contributed by atoms with E-state index in [2.05, 4.69) is 4.57 Å². The maximum atomic E-state index is 11.3. The van der Waals surface area contributed by atoms with E-state index in [0.717, 1.165) is 55.8 Å². The lowest BCUT2D eigenvalue weighted by molar-refractivity contribution is -0.182. The van der Waals surface area contributed by atoms with Gasteiger partial charge in [0.15, 0.2) is 11.9 Å². The molecule has 1 heterocycles. The molecule has 0 saturated heterocycles. The summed E-state index contributed by atoms with van der Waals surface area (Å²) in [6.45, 7) is 0.827.